The molecule has 2 rings (SSSR count). The normalized spacial score (nSPS) is 11.6. The zero-order valence-electron chi connectivity index (χ0n) is 12.0. The molecule has 0 radical (unpaired) electrons. The number of benzene rings is 1. The van der Waals surface area contributed by atoms with E-state index in [1.165, 1.54) is 0 Å². The van der Waals surface area contributed by atoms with Crippen LogP contribution in [0.15, 0.2) is 29.6 Å². The highest BCUT2D eigenvalue weighted by Crippen LogP contribution is 2.25. The SMILES string of the molecule is CN(Cc1nc(C(C)(C)C)cs1)c1cccc(N)c1. The van der Waals surface area contributed by atoms with Crippen LogP contribution in [0, 0.1) is 0 Å². The molecule has 0 bridgehead atoms. The number of thiazole rings is 1. The number of hydrogen-bond donors (Lipinski definition) is 1. The maximum atomic E-state index is 5.81. The van der Waals surface area contributed by atoms with Gasteiger partial charge in [-0.3, -0.25) is 0 Å². The summed E-state index contributed by atoms with van der Waals surface area (Å²) in [5.74, 6) is 0. The molecule has 2 N–H and O–H groups in total. The third-order valence-electron chi connectivity index (χ3n) is 3.00. The van der Waals surface area contributed by atoms with Crippen LogP contribution in [0.4, 0.5) is 11.4 Å². The zero-order valence-corrected chi connectivity index (χ0v) is 12.8. The van der Waals surface area contributed by atoms with Crippen molar-refractivity contribution in [2.24, 2.45) is 0 Å². The van der Waals surface area contributed by atoms with Crippen molar-refractivity contribution >= 4 is 22.7 Å². The van der Waals surface area contributed by atoms with E-state index in [-0.39, 0.29) is 5.41 Å². The summed E-state index contributed by atoms with van der Waals surface area (Å²) in [5, 5.41) is 3.29. The van der Waals surface area contributed by atoms with E-state index in [0.717, 1.165) is 28.6 Å². The van der Waals surface area contributed by atoms with E-state index in [9.17, 15) is 0 Å². The monoisotopic (exact) mass is 275 g/mol. The van der Waals surface area contributed by atoms with Crippen LogP contribution < -0.4 is 10.6 Å². The van der Waals surface area contributed by atoms with Crippen molar-refractivity contribution < 1.29 is 0 Å². The maximum absolute atomic E-state index is 5.81. The lowest BCUT2D eigenvalue weighted by Crippen LogP contribution is -2.17. The van der Waals surface area contributed by atoms with Gasteiger partial charge >= 0.3 is 0 Å². The molecule has 2 aromatic rings. The molecule has 0 fully saturated rings. The van der Waals surface area contributed by atoms with Gasteiger partial charge in [-0.15, -0.1) is 11.3 Å². The van der Waals surface area contributed by atoms with Crippen molar-refractivity contribution in [3.05, 3.63) is 40.3 Å². The van der Waals surface area contributed by atoms with Crippen molar-refractivity contribution in [1.29, 1.82) is 0 Å². The first-order chi connectivity index (χ1) is 8.86. The molecule has 3 nitrogen and oxygen atoms in total. The van der Waals surface area contributed by atoms with Gasteiger partial charge in [0.2, 0.25) is 0 Å². The van der Waals surface area contributed by atoms with Gasteiger partial charge in [-0.25, -0.2) is 4.98 Å². The predicted molar refractivity (Wildman–Crippen MR) is 83.8 cm³/mol. The predicted octanol–water partition coefficient (Wildman–Crippen LogP) is 3.66. The second-order valence-corrected chi connectivity index (χ2v) is 6.77. The zero-order chi connectivity index (χ0) is 14.0. The van der Waals surface area contributed by atoms with E-state index in [4.69, 9.17) is 10.7 Å². The van der Waals surface area contributed by atoms with Crippen molar-refractivity contribution in [3.8, 4) is 0 Å². The molecule has 19 heavy (non-hydrogen) atoms. The molecule has 0 saturated heterocycles. The third kappa shape index (κ3) is 3.47. The maximum Gasteiger partial charge on any atom is 0.112 e. The summed E-state index contributed by atoms with van der Waals surface area (Å²) in [6.45, 7) is 7.37. The van der Waals surface area contributed by atoms with E-state index in [1.54, 1.807) is 11.3 Å². The second-order valence-electron chi connectivity index (χ2n) is 5.83. The van der Waals surface area contributed by atoms with E-state index >= 15 is 0 Å². The smallest absolute Gasteiger partial charge is 0.112 e. The van der Waals surface area contributed by atoms with Crippen LogP contribution in [-0.2, 0) is 12.0 Å². The Kier molecular flexibility index (Phi) is 3.80. The first-order valence-electron chi connectivity index (χ1n) is 6.38. The van der Waals surface area contributed by atoms with Crippen molar-refractivity contribution in [1.82, 2.24) is 4.98 Å². The molecule has 0 aliphatic heterocycles. The Labute approximate surface area is 119 Å². The van der Waals surface area contributed by atoms with Crippen LogP contribution in [-0.4, -0.2) is 12.0 Å². The molecule has 1 aromatic carbocycles. The number of aromatic nitrogens is 1. The Balaban J connectivity index is 2.11. The molecule has 0 atom stereocenters. The lowest BCUT2D eigenvalue weighted by Gasteiger charge is -2.18. The van der Waals surface area contributed by atoms with Crippen molar-refractivity contribution in [2.45, 2.75) is 32.7 Å². The Hall–Kier alpha value is -1.55. The number of rotatable bonds is 3. The second kappa shape index (κ2) is 5.21. The molecule has 0 amide bonds. The van der Waals surface area contributed by atoms with Gasteiger partial charge in [0.1, 0.15) is 5.01 Å². The molecular weight excluding hydrogens is 254 g/mol. The Morgan fingerprint density at radius 3 is 2.63 bits per heavy atom. The van der Waals surface area contributed by atoms with Crippen molar-refractivity contribution in [2.75, 3.05) is 17.7 Å². The first-order valence-corrected chi connectivity index (χ1v) is 7.26. The lowest BCUT2D eigenvalue weighted by atomic mass is 9.93. The van der Waals surface area contributed by atoms with E-state index in [2.05, 4.69) is 44.2 Å². The van der Waals surface area contributed by atoms with Crippen molar-refractivity contribution in [3.63, 3.8) is 0 Å². The summed E-state index contributed by atoms with van der Waals surface area (Å²) in [6, 6.07) is 7.93. The summed E-state index contributed by atoms with van der Waals surface area (Å²) in [6.07, 6.45) is 0. The molecule has 0 saturated carbocycles. The highest BCUT2D eigenvalue weighted by molar-refractivity contribution is 7.09. The minimum atomic E-state index is 0.116. The highest BCUT2D eigenvalue weighted by Gasteiger charge is 2.17. The number of hydrogen-bond acceptors (Lipinski definition) is 4. The number of nitrogens with zero attached hydrogens (tertiary/aromatic N) is 2. The number of nitrogen functional groups attached to an aromatic ring is 1. The summed E-state index contributed by atoms with van der Waals surface area (Å²) < 4.78 is 0. The van der Waals surface area contributed by atoms with E-state index in [1.807, 2.05) is 18.2 Å². The minimum Gasteiger partial charge on any atom is -0.399 e. The largest absolute Gasteiger partial charge is 0.399 e. The standard InChI is InChI=1S/C15H21N3S/c1-15(2,3)13-10-19-14(17-13)9-18(4)12-7-5-6-11(16)8-12/h5-8,10H,9,16H2,1-4H3. The van der Waals surface area contributed by atoms with Crippen LogP contribution in [0.2, 0.25) is 0 Å². The molecule has 0 spiro atoms. The molecule has 0 aliphatic carbocycles. The molecular formula is C15H21N3S. The van der Waals surface area contributed by atoms with Gasteiger partial charge in [0.25, 0.3) is 0 Å². The van der Waals surface area contributed by atoms with Gasteiger partial charge in [0, 0.05) is 29.2 Å². The molecule has 1 heterocycles. The quantitative estimate of drug-likeness (QED) is 0.869. The average Bonchev–Trinajstić information content (AvgIpc) is 2.77. The molecule has 102 valence electrons. The lowest BCUT2D eigenvalue weighted by molar-refractivity contribution is 0.570. The van der Waals surface area contributed by atoms with Crippen LogP contribution >= 0.6 is 11.3 Å². The third-order valence-corrected chi connectivity index (χ3v) is 3.84. The van der Waals surface area contributed by atoms with E-state index in [0.29, 0.717) is 0 Å². The topological polar surface area (TPSA) is 42.2 Å². The van der Waals surface area contributed by atoms with Crippen LogP contribution in [0.25, 0.3) is 0 Å². The summed E-state index contributed by atoms with van der Waals surface area (Å²) in [4.78, 5) is 6.88. The highest BCUT2D eigenvalue weighted by atomic mass is 32.1. The van der Waals surface area contributed by atoms with Crippen LogP contribution in [0.5, 0.6) is 0 Å². The fraction of sp³-hybridized carbons (Fsp3) is 0.400. The Bertz CT molecular complexity index is 555. The summed E-state index contributed by atoms with van der Waals surface area (Å²) in [5.41, 5.74) is 9.00. The van der Waals surface area contributed by atoms with Gasteiger partial charge < -0.3 is 10.6 Å². The summed E-state index contributed by atoms with van der Waals surface area (Å²) in [7, 11) is 2.06. The van der Waals surface area contributed by atoms with Gasteiger partial charge in [-0.1, -0.05) is 26.8 Å². The Morgan fingerprint density at radius 1 is 1.32 bits per heavy atom. The minimum absolute atomic E-state index is 0.116. The Morgan fingerprint density at radius 2 is 2.05 bits per heavy atom. The van der Waals surface area contributed by atoms with Crippen LogP contribution in [0.3, 0.4) is 0 Å². The average molecular weight is 275 g/mol. The molecule has 4 heteroatoms. The summed E-state index contributed by atoms with van der Waals surface area (Å²) >= 11 is 1.72. The van der Waals surface area contributed by atoms with Gasteiger partial charge in [0.15, 0.2) is 0 Å². The molecule has 0 unspecified atom stereocenters. The van der Waals surface area contributed by atoms with Gasteiger partial charge in [0.05, 0.1) is 12.2 Å². The van der Waals surface area contributed by atoms with Gasteiger partial charge in [-0.05, 0) is 18.2 Å². The first kappa shape index (κ1) is 13.9. The number of anilines is 2. The molecule has 1 aromatic heterocycles. The molecule has 0 aliphatic rings. The van der Waals surface area contributed by atoms with Gasteiger partial charge in [-0.2, -0.15) is 0 Å². The van der Waals surface area contributed by atoms with E-state index < -0.39 is 0 Å². The fourth-order valence-corrected chi connectivity index (χ4v) is 2.86. The van der Waals surface area contributed by atoms with Crippen LogP contribution in [0.1, 0.15) is 31.5 Å². The number of nitrogens with two attached hydrogens (primary N) is 1. The fourth-order valence-electron chi connectivity index (χ4n) is 1.78.